The lowest BCUT2D eigenvalue weighted by Crippen LogP contribution is -3.00. The number of halogens is 1. The van der Waals surface area contributed by atoms with E-state index in [2.05, 4.69) is 5.73 Å². The average molecular weight is 144 g/mol. The lowest BCUT2D eigenvalue weighted by molar-refractivity contribution is -0.517. The van der Waals surface area contributed by atoms with Crippen molar-refractivity contribution in [2.75, 3.05) is 0 Å². The highest BCUT2D eigenvalue weighted by atomic mass is 35.5. The van der Waals surface area contributed by atoms with E-state index >= 15 is 0 Å². The van der Waals surface area contributed by atoms with E-state index in [0.717, 1.165) is 0 Å². The Morgan fingerprint density at radius 1 is 1.38 bits per heavy atom. The van der Waals surface area contributed by atoms with Gasteiger partial charge in [-0.25, -0.2) is 0 Å². The minimum atomic E-state index is -2.61. The first-order valence-electron chi connectivity index (χ1n) is 1.95. The second-order valence-electron chi connectivity index (χ2n) is 1.59. The van der Waals surface area contributed by atoms with Gasteiger partial charge in [0.25, 0.3) is 0 Å². The zero-order chi connectivity index (χ0) is 6.08. The van der Waals surface area contributed by atoms with E-state index in [4.69, 9.17) is 15.3 Å². The van der Waals surface area contributed by atoms with Gasteiger partial charge < -0.3 is 33.5 Å². The molecule has 6 N–H and O–H groups in total. The third kappa shape index (κ3) is 4.29. The first-order valence-corrected chi connectivity index (χ1v) is 1.95. The van der Waals surface area contributed by atoms with Gasteiger partial charge in [-0.2, -0.15) is 0 Å². The zero-order valence-corrected chi connectivity index (χ0v) is 5.26. The minimum absolute atomic E-state index is 0. The molecule has 0 amide bonds. The van der Waals surface area contributed by atoms with Crippen molar-refractivity contribution in [2.24, 2.45) is 0 Å². The largest absolute Gasteiger partial charge is 1.00 e. The third-order valence-corrected chi connectivity index (χ3v) is 0.661. The Bertz CT molecular complexity index is 60.0. The Labute approximate surface area is 53.3 Å². The van der Waals surface area contributed by atoms with Gasteiger partial charge in [-0.3, -0.25) is 0 Å². The van der Waals surface area contributed by atoms with E-state index in [1.165, 1.54) is 6.92 Å². The monoisotopic (exact) mass is 143 g/mol. The zero-order valence-electron chi connectivity index (χ0n) is 4.50. The van der Waals surface area contributed by atoms with Gasteiger partial charge in [0.1, 0.15) is 0 Å². The van der Waals surface area contributed by atoms with Crippen molar-refractivity contribution in [3.05, 3.63) is 0 Å². The summed E-state index contributed by atoms with van der Waals surface area (Å²) in [5, 5.41) is 24.4. The molecule has 5 heteroatoms. The van der Waals surface area contributed by atoms with Crippen molar-refractivity contribution in [3.8, 4) is 0 Å². The molecule has 0 spiro atoms. The van der Waals surface area contributed by atoms with Crippen LogP contribution in [-0.2, 0) is 0 Å². The van der Waals surface area contributed by atoms with Crippen LogP contribution in [0.4, 0.5) is 0 Å². The Morgan fingerprint density at radius 3 is 1.50 bits per heavy atom. The van der Waals surface area contributed by atoms with E-state index < -0.39 is 12.0 Å². The van der Waals surface area contributed by atoms with E-state index in [1.807, 2.05) is 0 Å². The molecule has 0 radical (unpaired) electrons. The third-order valence-electron chi connectivity index (χ3n) is 0.661. The van der Waals surface area contributed by atoms with Gasteiger partial charge in [0.15, 0.2) is 6.04 Å². The van der Waals surface area contributed by atoms with Crippen LogP contribution in [0.3, 0.4) is 0 Å². The maximum atomic E-state index is 8.14. The topological polar surface area (TPSA) is 88.3 Å². The van der Waals surface area contributed by atoms with E-state index in [9.17, 15) is 0 Å². The molecule has 1 atom stereocenters. The van der Waals surface area contributed by atoms with Crippen LogP contribution in [0.25, 0.3) is 0 Å². The summed E-state index contributed by atoms with van der Waals surface area (Å²) in [7, 11) is 0. The predicted octanol–water partition coefficient (Wildman–Crippen LogP) is -5.75. The summed E-state index contributed by atoms with van der Waals surface area (Å²) in [6, 6.07) is -0.785. The average Bonchev–Trinajstić information content (AvgIpc) is 1.31. The molecule has 0 saturated heterocycles. The van der Waals surface area contributed by atoms with Gasteiger partial charge >= 0.3 is 5.97 Å². The molecule has 0 bridgehead atoms. The maximum Gasteiger partial charge on any atom is 0.330 e. The molecule has 0 fully saturated rings. The van der Waals surface area contributed by atoms with Crippen LogP contribution in [0.15, 0.2) is 0 Å². The van der Waals surface area contributed by atoms with Gasteiger partial charge in [0, 0.05) is 0 Å². The van der Waals surface area contributed by atoms with Crippen molar-refractivity contribution >= 4 is 0 Å². The molecular weight excluding hydrogens is 133 g/mol. The molecule has 1 unspecified atom stereocenters. The fraction of sp³-hybridized carbons (Fsp3) is 1.00. The number of hydrogen-bond donors (Lipinski definition) is 4. The van der Waals surface area contributed by atoms with E-state index in [0.29, 0.717) is 0 Å². The first-order chi connectivity index (χ1) is 2.94. The molecule has 0 rings (SSSR count). The minimum Gasteiger partial charge on any atom is -1.00 e. The summed E-state index contributed by atoms with van der Waals surface area (Å²) >= 11 is 0. The normalized spacial score (nSPS) is 14.6. The van der Waals surface area contributed by atoms with Crippen LogP contribution in [0.5, 0.6) is 0 Å². The molecule has 0 saturated carbocycles. The Morgan fingerprint density at radius 2 is 1.50 bits per heavy atom. The molecule has 0 aromatic rings. The first kappa shape index (κ1) is 11.0. The Balaban J connectivity index is 0. The molecule has 0 aromatic carbocycles. The second kappa shape index (κ2) is 3.21. The van der Waals surface area contributed by atoms with Gasteiger partial charge in [-0.1, -0.05) is 0 Å². The maximum absolute atomic E-state index is 8.14. The molecular formula is C3H10ClNO3. The summed E-state index contributed by atoms with van der Waals surface area (Å²) < 4.78 is 0. The fourth-order valence-corrected chi connectivity index (χ4v) is 0. The Kier molecular flexibility index (Phi) is 4.42. The van der Waals surface area contributed by atoms with Crippen molar-refractivity contribution in [3.63, 3.8) is 0 Å². The van der Waals surface area contributed by atoms with Crippen LogP contribution in [0, 0.1) is 0 Å². The van der Waals surface area contributed by atoms with Gasteiger partial charge in [0.2, 0.25) is 0 Å². The van der Waals surface area contributed by atoms with Crippen molar-refractivity contribution in [1.82, 2.24) is 0 Å². The molecule has 0 aromatic heterocycles. The van der Waals surface area contributed by atoms with Crippen molar-refractivity contribution in [2.45, 2.75) is 18.9 Å². The quantitative estimate of drug-likeness (QED) is 0.276. The summed E-state index contributed by atoms with van der Waals surface area (Å²) in [5.74, 6) is -2.61. The Hall–Kier alpha value is 0.130. The molecule has 4 nitrogen and oxygen atoms in total. The number of quaternary nitrogens is 1. The van der Waals surface area contributed by atoms with Crippen LogP contribution >= 0.6 is 0 Å². The summed E-state index contributed by atoms with van der Waals surface area (Å²) in [6.07, 6.45) is 0. The molecule has 0 aliphatic rings. The molecule has 0 heterocycles. The van der Waals surface area contributed by atoms with E-state index in [-0.39, 0.29) is 12.4 Å². The van der Waals surface area contributed by atoms with Gasteiger partial charge in [-0.15, -0.1) is 0 Å². The molecule has 52 valence electrons. The van der Waals surface area contributed by atoms with E-state index in [1.54, 1.807) is 0 Å². The number of aliphatic hydroxyl groups is 3. The van der Waals surface area contributed by atoms with Crippen LogP contribution in [0.1, 0.15) is 6.92 Å². The van der Waals surface area contributed by atoms with Gasteiger partial charge in [0.05, 0.1) is 0 Å². The molecule has 0 aliphatic carbocycles. The smallest absolute Gasteiger partial charge is 0.330 e. The second-order valence-corrected chi connectivity index (χ2v) is 1.59. The summed E-state index contributed by atoms with van der Waals surface area (Å²) in [6.45, 7) is 1.39. The van der Waals surface area contributed by atoms with Crippen LogP contribution < -0.4 is 18.1 Å². The van der Waals surface area contributed by atoms with Crippen molar-refractivity contribution in [1.29, 1.82) is 0 Å². The highest BCUT2D eigenvalue weighted by Gasteiger charge is 2.27. The SMILES string of the molecule is CC([NH3+])C(O)(O)O.[Cl-]. The van der Waals surface area contributed by atoms with Crippen LogP contribution in [-0.4, -0.2) is 27.3 Å². The van der Waals surface area contributed by atoms with Crippen molar-refractivity contribution < 1.29 is 33.5 Å². The highest BCUT2D eigenvalue weighted by molar-refractivity contribution is 4.50. The van der Waals surface area contributed by atoms with Gasteiger partial charge in [-0.05, 0) is 6.92 Å². The highest BCUT2D eigenvalue weighted by Crippen LogP contribution is 1.92. The predicted molar refractivity (Wildman–Crippen MR) is 21.7 cm³/mol. The lowest BCUT2D eigenvalue weighted by Gasteiger charge is -2.13. The number of rotatable bonds is 1. The standard InChI is InChI=1S/C3H9NO3.ClH/c1-2(4)3(5,6)7;/h2,5-7H,4H2,1H3;1H. The fourth-order valence-electron chi connectivity index (χ4n) is 0. The number of hydrogen-bond acceptors (Lipinski definition) is 3. The summed E-state index contributed by atoms with van der Waals surface area (Å²) in [5.41, 5.74) is 3.16. The van der Waals surface area contributed by atoms with Crippen LogP contribution in [0.2, 0.25) is 0 Å². The molecule has 8 heavy (non-hydrogen) atoms. The summed E-state index contributed by atoms with van der Waals surface area (Å²) in [4.78, 5) is 0. The molecule has 0 aliphatic heterocycles. The lowest BCUT2D eigenvalue weighted by atomic mass is 10.3.